The Morgan fingerprint density at radius 1 is 0.952 bits per heavy atom. The molecule has 0 aliphatic heterocycles. The third kappa shape index (κ3) is 9.35. The zero-order valence-corrected chi connectivity index (χ0v) is 13.7. The minimum absolute atomic E-state index is 0. The molecule has 0 aliphatic rings. The third-order valence-corrected chi connectivity index (χ3v) is 3.37. The van der Waals surface area contributed by atoms with Crippen LogP contribution in [0.5, 0.6) is 5.75 Å². The van der Waals surface area contributed by atoms with Gasteiger partial charge in [-0.05, 0) is 30.7 Å². The molecule has 4 heteroatoms. The quantitative estimate of drug-likeness (QED) is 0.562. The first kappa shape index (κ1) is 19.8. The van der Waals surface area contributed by atoms with Crippen LogP contribution in [-0.2, 0) is 0 Å². The maximum Gasteiger partial charge on any atom is 0.335 e. The molecule has 0 bridgehead atoms. The van der Waals surface area contributed by atoms with Crippen molar-refractivity contribution in [3.05, 3.63) is 29.8 Å². The largest absolute Gasteiger partial charge is 0.494 e. The maximum atomic E-state index is 10.7. The molecule has 0 radical (unpaired) electrons. The van der Waals surface area contributed by atoms with Gasteiger partial charge in [-0.2, -0.15) is 0 Å². The van der Waals surface area contributed by atoms with Gasteiger partial charge in [0.25, 0.3) is 0 Å². The molecule has 0 heterocycles. The fourth-order valence-corrected chi connectivity index (χ4v) is 2.12. The highest BCUT2D eigenvalue weighted by Gasteiger charge is 2.01. The molecule has 1 N–H and O–H groups in total. The number of ether oxygens (including phenoxy) is 1. The third-order valence-electron chi connectivity index (χ3n) is 3.37. The first-order valence-corrected chi connectivity index (χ1v) is 7.70. The number of rotatable bonds is 11. The van der Waals surface area contributed by atoms with Gasteiger partial charge in [-0.15, -0.1) is 12.4 Å². The predicted molar refractivity (Wildman–Crippen MR) is 88.8 cm³/mol. The average molecular weight is 315 g/mol. The summed E-state index contributed by atoms with van der Waals surface area (Å²) in [4.78, 5) is 10.7. The summed E-state index contributed by atoms with van der Waals surface area (Å²) >= 11 is 0. The van der Waals surface area contributed by atoms with Crippen molar-refractivity contribution in [3.8, 4) is 5.75 Å². The van der Waals surface area contributed by atoms with Crippen LogP contribution in [0.15, 0.2) is 24.3 Å². The molecule has 21 heavy (non-hydrogen) atoms. The van der Waals surface area contributed by atoms with Crippen molar-refractivity contribution in [2.24, 2.45) is 0 Å². The molecular weight excluding hydrogens is 288 g/mol. The van der Waals surface area contributed by atoms with E-state index in [-0.39, 0.29) is 12.4 Å². The van der Waals surface area contributed by atoms with Gasteiger partial charge in [0.15, 0.2) is 0 Å². The van der Waals surface area contributed by atoms with Gasteiger partial charge < -0.3 is 9.84 Å². The molecule has 1 aromatic rings. The number of halogens is 1. The van der Waals surface area contributed by atoms with Crippen molar-refractivity contribution < 1.29 is 14.6 Å². The molecule has 0 unspecified atom stereocenters. The highest BCUT2D eigenvalue weighted by atomic mass is 35.5. The Morgan fingerprint density at radius 2 is 1.48 bits per heavy atom. The van der Waals surface area contributed by atoms with E-state index < -0.39 is 5.97 Å². The van der Waals surface area contributed by atoms with Crippen molar-refractivity contribution in [3.63, 3.8) is 0 Å². The zero-order valence-electron chi connectivity index (χ0n) is 12.8. The van der Waals surface area contributed by atoms with Gasteiger partial charge in [0.1, 0.15) is 5.75 Å². The number of hydrogen-bond acceptors (Lipinski definition) is 2. The fourth-order valence-electron chi connectivity index (χ4n) is 2.12. The SMILES string of the molecule is CCCCCCCCCCOc1ccc(C(=O)O)cc1.Cl. The fraction of sp³-hybridized carbons (Fsp3) is 0.588. The Hall–Kier alpha value is -1.22. The lowest BCUT2D eigenvalue weighted by Crippen LogP contribution is -1.99. The normalized spacial score (nSPS) is 9.95. The van der Waals surface area contributed by atoms with Crippen molar-refractivity contribution in [2.75, 3.05) is 6.61 Å². The smallest absolute Gasteiger partial charge is 0.335 e. The second-order valence-electron chi connectivity index (χ2n) is 5.15. The van der Waals surface area contributed by atoms with E-state index >= 15 is 0 Å². The highest BCUT2D eigenvalue weighted by Crippen LogP contribution is 2.13. The molecule has 3 nitrogen and oxygen atoms in total. The van der Waals surface area contributed by atoms with E-state index in [1.54, 1.807) is 24.3 Å². The molecular formula is C17H27ClO3. The molecule has 0 aromatic heterocycles. The van der Waals surface area contributed by atoms with Gasteiger partial charge in [-0.25, -0.2) is 4.79 Å². The lowest BCUT2D eigenvalue weighted by molar-refractivity contribution is 0.0697. The van der Waals surface area contributed by atoms with E-state index in [1.165, 1.54) is 44.9 Å². The second-order valence-corrected chi connectivity index (χ2v) is 5.15. The summed E-state index contributed by atoms with van der Waals surface area (Å²) in [6.07, 6.45) is 10.3. The van der Waals surface area contributed by atoms with Crippen LogP contribution in [0.1, 0.15) is 68.6 Å². The number of hydrogen-bond donors (Lipinski definition) is 1. The summed E-state index contributed by atoms with van der Waals surface area (Å²) in [6.45, 7) is 2.95. The Kier molecular flexibility index (Phi) is 11.8. The maximum absolute atomic E-state index is 10.7. The van der Waals surface area contributed by atoms with E-state index in [0.29, 0.717) is 12.2 Å². The van der Waals surface area contributed by atoms with Gasteiger partial charge in [-0.1, -0.05) is 51.9 Å². The van der Waals surface area contributed by atoms with Gasteiger partial charge in [0, 0.05) is 0 Å². The summed E-state index contributed by atoms with van der Waals surface area (Å²) < 4.78 is 5.59. The van der Waals surface area contributed by atoms with Crippen LogP contribution in [0.25, 0.3) is 0 Å². The molecule has 0 fully saturated rings. The monoisotopic (exact) mass is 314 g/mol. The van der Waals surface area contributed by atoms with E-state index in [1.807, 2.05) is 0 Å². The first-order chi connectivity index (χ1) is 9.74. The van der Waals surface area contributed by atoms with Crippen LogP contribution in [0.4, 0.5) is 0 Å². The Balaban J connectivity index is 0.00000400. The number of aromatic carboxylic acids is 1. The molecule has 0 saturated carbocycles. The van der Waals surface area contributed by atoms with Crippen molar-refractivity contribution in [2.45, 2.75) is 58.3 Å². The average Bonchev–Trinajstić information content (AvgIpc) is 2.46. The predicted octanol–water partition coefficient (Wildman–Crippen LogP) is 5.33. The van der Waals surface area contributed by atoms with E-state index in [9.17, 15) is 4.79 Å². The molecule has 0 atom stereocenters. The molecule has 0 amide bonds. The van der Waals surface area contributed by atoms with E-state index in [4.69, 9.17) is 9.84 Å². The summed E-state index contributed by atoms with van der Waals surface area (Å²) in [5.74, 6) is -0.155. The van der Waals surface area contributed by atoms with Crippen LogP contribution in [0.3, 0.4) is 0 Å². The molecule has 120 valence electrons. The van der Waals surface area contributed by atoms with Gasteiger partial charge >= 0.3 is 5.97 Å². The molecule has 1 rings (SSSR count). The van der Waals surface area contributed by atoms with Gasteiger partial charge in [0.2, 0.25) is 0 Å². The summed E-state index contributed by atoms with van der Waals surface area (Å²) in [7, 11) is 0. The minimum atomic E-state index is -0.903. The number of carbonyl (C=O) groups is 1. The Labute approximate surface area is 134 Å². The first-order valence-electron chi connectivity index (χ1n) is 7.70. The molecule has 0 saturated heterocycles. The number of carboxylic acids is 1. The second kappa shape index (κ2) is 12.5. The Morgan fingerprint density at radius 3 is 2.00 bits per heavy atom. The number of unbranched alkanes of at least 4 members (excludes halogenated alkanes) is 7. The number of carboxylic acid groups (broad SMARTS) is 1. The van der Waals surface area contributed by atoms with E-state index in [2.05, 4.69) is 6.92 Å². The van der Waals surface area contributed by atoms with Crippen molar-refractivity contribution in [1.29, 1.82) is 0 Å². The lowest BCUT2D eigenvalue weighted by atomic mass is 10.1. The van der Waals surface area contributed by atoms with Crippen molar-refractivity contribution >= 4 is 18.4 Å². The van der Waals surface area contributed by atoms with Gasteiger partial charge in [0.05, 0.1) is 12.2 Å². The zero-order chi connectivity index (χ0) is 14.6. The Bertz CT molecular complexity index is 376. The summed E-state index contributed by atoms with van der Waals surface area (Å²) in [5.41, 5.74) is 0.296. The standard InChI is InChI=1S/C17H26O3.ClH/c1-2-3-4-5-6-7-8-9-14-20-16-12-10-15(11-13-16)17(18)19;/h10-13H,2-9,14H2,1H3,(H,18,19);1H. The molecule has 0 aliphatic carbocycles. The van der Waals surface area contributed by atoms with E-state index in [0.717, 1.165) is 12.2 Å². The minimum Gasteiger partial charge on any atom is -0.494 e. The summed E-state index contributed by atoms with van der Waals surface area (Å²) in [5, 5.41) is 8.79. The van der Waals surface area contributed by atoms with Crippen LogP contribution >= 0.6 is 12.4 Å². The van der Waals surface area contributed by atoms with Crippen LogP contribution in [0.2, 0.25) is 0 Å². The molecule has 1 aromatic carbocycles. The molecule has 0 spiro atoms. The van der Waals surface area contributed by atoms with Crippen LogP contribution in [-0.4, -0.2) is 17.7 Å². The van der Waals surface area contributed by atoms with Gasteiger partial charge in [-0.3, -0.25) is 0 Å². The lowest BCUT2D eigenvalue weighted by Gasteiger charge is -2.06. The van der Waals surface area contributed by atoms with Crippen LogP contribution < -0.4 is 4.74 Å². The number of benzene rings is 1. The van der Waals surface area contributed by atoms with Crippen LogP contribution in [0, 0.1) is 0 Å². The highest BCUT2D eigenvalue weighted by molar-refractivity contribution is 5.87. The summed E-state index contributed by atoms with van der Waals surface area (Å²) in [6, 6.07) is 6.58. The van der Waals surface area contributed by atoms with Crippen molar-refractivity contribution in [1.82, 2.24) is 0 Å². The topological polar surface area (TPSA) is 46.5 Å².